The molecule has 0 aromatic heterocycles. The van der Waals surface area contributed by atoms with Gasteiger partial charge in [0.15, 0.2) is 0 Å². The molecule has 0 radical (unpaired) electrons. The zero-order chi connectivity index (χ0) is 14.4. The molecular formula is C13H13BrN2O3. The Balaban J connectivity index is 3.04. The fraction of sp³-hybridized carbons (Fsp3) is 0.308. The molecule has 1 unspecified atom stereocenters. The Kier molecular flexibility index (Phi) is 5.52. The Morgan fingerprint density at radius 3 is 2.63 bits per heavy atom. The lowest BCUT2D eigenvalue weighted by atomic mass is 10.1. The van der Waals surface area contributed by atoms with Crippen LogP contribution in [-0.4, -0.2) is 34.5 Å². The number of rotatable bonds is 5. The van der Waals surface area contributed by atoms with Crippen LogP contribution in [0.2, 0.25) is 0 Å². The van der Waals surface area contributed by atoms with Gasteiger partial charge in [0.1, 0.15) is 6.04 Å². The number of carboxylic acids is 1. The normalized spacial score (nSPS) is 11.4. The fourth-order valence-corrected chi connectivity index (χ4v) is 2.02. The van der Waals surface area contributed by atoms with Gasteiger partial charge in [-0.15, -0.1) is 0 Å². The zero-order valence-electron chi connectivity index (χ0n) is 10.3. The van der Waals surface area contributed by atoms with Crippen molar-refractivity contribution >= 4 is 27.8 Å². The summed E-state index contributed by atoms with van der Waals surface area (Å²) in [6, 6.07) is 7.72. The standard InChI is InChI=1S/C13H13BrN2O3/c1-9(13(18)19)16(8-4-7-15)12(17)10-5-2-3-6-11(10)14/h2-3,5-6,9H,4,8H2,1H3,(H,18,19). The summed E-state index contributed by atoms with van der Waals surface area (Å²) in [4.78, 5) is 24.6. The van der Waals surface area contributed by atoms with Gasteiger partial charge in [-0.1, -0.05) is 12.1 Å². The number of hydrogen-bond acceptors (Lipinski definition) is 3. The lowest BCUT2D eigenvalue weighted by Gasteiger charge is -2.26. The van der Waals surface area contributed by atoms with E-state index >= 15 is 0 Å². The SMILES string of the molecule is CC(C(=O)O)N(CCC#N)C(=O)c1ccccc1Br. The molecule has 1 N–H and O–H groups in total. The minimum absolute atomic E-state index is 0.0874. The predicted octanol–water partition coefficient (Wildman–Crippen LogP) is 2.28. The number of halogens is 1. The molecule has 0 aliphatic heterocycles. The van der Waals surface area contributed by atoms with Gasteiger partial charge in [0, 0.05) is 11.0 Å². The topological polar surface area (TPSA) is 81.4 Å². The third-order valence-corrected chi connectivity index (χ3v) is 3.35. The molecule has 0 aliphatic carbocycles. The summed E-state index contributed by atoms with van der Waals surface area (Å²) in [5, 5.41) is 17.6. The first-order chi connectivity index (χ1) is 8.99. The number of hydrogen-bond donors (Lipinski definition) is 1. The molecular weight excluding hydrogens is 312 g/mol. The van der Waals surface area contributed by atoms with Gasteiger partial charge in [-0.25, -0.2) is 4.79 Å². The Labute approximate surface area is 119 Å². The number of carbonyl (C=O) groups is 2. The van der Waals surface area contributed by atoms with Gasteiger partial charge in [-0.05, 0) is 35.0 Å². The molecule has 1 aromatic carbocycles. The van der Waals surface area contributed by atoms with Crippen LogP contribution in [-0.2, 0) is 4.79 Å². The maximum Gasteiger partial charge on any atom is 0.326 e. The van der Waals surface area contributed by atoms with E-state index in [4.69, 9.17) is 10.4 Å². The zero-order valence-corrected chi connectivity index (χ0v) is 11.9. The fourth-order valence-electron chi connectivity index (χ4n) is 1.56. The summed E-state index contributed by atoms with van der Waals surface area (Å²) < 4.78 is 0.597. The van der Waals surface area contributed by atoms with Gasteiger partial charge in [-0.3, -0.25) is 4.79 Å². The van der Waals surface area contributed by atoms with Crippen molar-refractivity contribution in [3.05, 3.63) is 34.3 Å². The molecule has 1 rings (SSSR count). The van der Waals surface area contributed by atoms with Gasteiger partial charge < -0.3 is 10.0 Å². The van der Waals surface area contributed by atoms with Gasteiger partial charge in [0.05, 0.1) is 18.1 Å². The second-order valence-electron chi connectivity index (χ2n) is 3.90. The van der Waals surface area contributed by atoms with Crippen LogP contribution in [0.3, 0.4) is 0 Å². The van der Waals surface area contributed by atoms with E-state index in [9.17, 15) is 9.59 Å². The van der Waals surface area contributed by atoms with Crippen LogP contribution in [0.5, 0.6) is 0 Å². The molecule has 0 fully saturated rings. The molecule has 6 heteroatoms. The predicted molar refractivity (Wildman–Crippen MR) is 72.5 cm³/mol. The van der Waals surface area contributed by atoms with Gasteiger partial charge >= 0.3 is 5.97 Å². The number of carboxylic acid groups (broad SMARTS) is 1. The van der Waals surface area contributed by atoms with E-state index < -0.39 is 17.9 Å². The molecule has 0 spiro atoms. The van der Waals surface area contributed by atoms with E-state index in [2.05, 4.69) is 15.9 Å². The number of nitrogens with zero attached hydrogens (tertiary/aromatic N) is 2. The summed E-state index contributed by atoms with van der Waals surface area (Å²) in [5.41, 5.74) is 0.383. The summed E-state index contributed by atoms with van der Waals surface area (Å²) in [6.07, 6.45) is 0.0911. The van der Waals surface area contributed by atoms with Crippen molar-refractivity contribution in [3.63, 3.8) is 0 Å². The number of amides is 1. The molecule has 19 heavy (non-hydrogen) atoms. The quantitative estimate of drug-likeness (QED) is 0.900. The minimum Gasteiger partial charge on any atom is -0.480 e. The lowest BCUT2D eigenvalue weighted by Crippen LogP contribution is -2.43. The number of benzene rings is 1. The van der Waals surface area contributed by atoms with Crippen molar-refractivity contribution in [2.24, 2.45) is 0 Å². The largest absolute Gasteiger partial charge is 0.480 e. The van der Waals surface area contributed by atoms with E-state index in [1.165, 1.54) is 11.8 Å². The van der Waals surface area contributed by atoms with Crippen LogP contribution in [0, 0.1) is 11.3 Å². The van der Waals surface area contributed by atoms with E-state index in [0.717, 1.165) is 0 Å². The van der Waals surface area contributed by atoms with E-state index in [0.29, 0.717) is 10.0 Å². The minimum atomic E-state index is -1.10. The van der Waals surface area contributed by atoms with Crippen molar-refractivity contribution < 1.29 is 14.7 Å². The van der Waals surface area contributed by atoms with Crippen molar-refractivity contribution in [3.8, 4) is 6.07 Å². The molecule has 5 nitrogen and oxygen atoms in total. The van der Waals surface area contributed by atoms with Crippen molar-refractivity contribution in [2.45, 2.75) is 19.4 Å². The maximum absolute atomic E-state index is 12.3. The molecule has 1 amide bonds. The van der Waals surface area contributed by atoms with Gasteiger partial charge in [0.2, 0.25) is 0 Å². The van der Waals surface area contributed by atoms with Crippen LogP contribution in [0.4, 0.5) is 0 Å². The summed E-state index contributed by atoms with van der Waals surface area (Å²) in [6.45, 7) is 1.51. The molecule has 0 heterocycles. The van der Waals surface area contributed by atoms with E-state index in [1.807, 2.05) is 6.07 Å². The molecule has 0 aliphatic rings. The lowest BCUT2D eigenvalue weighted by molar-refractivity contribution is -0.141. The summed E-state index contributed by atoms with van der Waals surface area (Å²) >= 11 is 3.26. The van der Waals surface area contributed by atoms with Gasteiger partial charge in [0.25, 0.3) is 5.91 Å². The third kappa shape index (κ3) is 3.80. The first-order valence-electron chi connectivity index (χ1n) is 5.64. The van der Waals surface area contributed by atoms with Gasteiger partial charge in [-0.2, -0.15) is 5.26 Å². The van der Waals surface area contributed by atoms with E-state index in [-0.39, 0.29) is 13.0 Å². The molecule has 1 atom stereocenters. The smallest absolute Gasteiger partial charge is 0.326 e. The molecule has 1 aromatic rings. The van der Waals surface area contributed by atoms with Crippen LogP contribution in [0.15, 0.2) is 28.7 Å². The Morgan fingerprint density at radius 2 is 2.11 bits per heavy atom. The Morgan fingerprint density at radius 1 is 1.47 bits per heavy atom. The molecule has 0 saturated heterocycles. The van der Waals surface area contributed by atoms with Crippen molar-refractivity contribution in [2.75, 3.05) is 6.54 Å². The maximum atomic E-state index is 12.3. The highest BCUT2D eigenvalue weighted by molar-refractivity contribution is 9.10. The highest BCUT2D eigenvalue weighted by Gasteiger charge is 2.26. The first-order valence-corrected chi connectivity index (χ1v) is 6.43. The van der Waals surface area contributed by atoms with Crippen LogP contribution in [0.25, 0.3) is 0 Å². The summed E-state index contributed by atoms with van der Waals surface area (Å²) in [5.74, 6) is -1.50. The highest BCUT2D eigenvalue weighted by atomic mass is 79.9. The molecule has 0 saturated carbocycles. The van der Waals surface area contributed by atoms with Crippen LogP contribution >= 0.6 is 15.9 Å². The molecule has 0 bridgehead atoms. The van der Waals surface area contributed by atoms with Crippen LogP contribution in [0.1, 0.15) is 23.7 Å². The highest BCUT2D eigenvalue weighted by Crippen LogP contribution is 2.19. The Bertz CT molecular complexity index is 525. The second-order valence-corrected chi connectivity index (χ2v) is 4.76. The number of nitriles is 1. The average molecular weight is 325 g/mol. The van der Waals surface area contributed by atoms with E-state index in [1.54, 1.807) is 24.3 Å². The number of aliphatic carboxylic acids is 1. The first kappa shape index (κ1) is 15.2. The van der Waals surface area contributed by atoms with Crippen LogP contribution < -0.4 is 0 Å². The Hall–Kier alpha value is -1.87. The average Bonchev–Trinajstić information content (AvgIpc) is 2.39. The van der Waals surface area contributed by atoms with Crippen molar-refractivity contribution in [1.82, 2.24) is 4.90 Å². The summed E-state index contributed by atoms with van der Waals surface area (Å²) in [7, 11) is 0. The number of carbonyl (C=O) groups excluding carboxylic acids is 1. The van der Waals surface area contributed by atoms with Crippen molar-refractivity contribution in [1.29, 1.82) is 5.26 Å². The third-order valence-electron chi connectivity index (χ3n) is 2.65. The second kappa shape index (κ2) is 6.90. The monoisotopic (exact) mass is 324 g/mol. The molecule has 100 valence electrons.